The van der Waals surface area contributed by atoms with E-state index in [0.717, 1.165) is 61.3 Å². The van der Waals surface area contributed by atoms with E-state index in [2.05, 4.69) is 21.3 Å². The van der Waals surface area contributed by atoms with Crippen LogP contribution in [0.15, 0.2) is 54.7 Å². The molecule has 4 rings (SSSR count). The van der Waals surface area contributed by atoms with Crippen molar-refractivity contribution in [1.29, 1.82) is 0 Å². The van der Waals surface area contributed by atoms with Crippen molar-refractivity contribution in [2.45, 2.75) is 18.8 Å². The van der Waals surface area contributed by atoms with E-state index in [1.54, 1.807) is 0 Å². The maximum absolute atomic E-state index is 12.8. The molecule has 1 atom stereocenters. The largest absolute Gasteiger partial charge is 0.379 e. The SMILES string of the molecule is O=C(CC(c1ccccc1Cl)c1c[nH]c2ccccc12)NCCCN1CCOCC1. The second-order valence-corrected chi connectivity index (χ2v) is 8.13. The number of carbonyl (C=O) groups is 1. The third kappa shape index (κ3) is 5.04. The van der Waals surface area contributed by atoms with Crippen LogP contribution in [0, 0.1) is 0 Å². The molecule has 1 unspecified atom stereocenters. The molecule has 1 aromatic heterocycles. The number of halogens is 1. The summed E-state index contributed by atoms with van der Waals surface area (Å²) in [6.07, 6.45) is 3.31. The Balaban J connectivity index is 1.44. The fourth-order valence-electron chi connectivity index (χ4n) is 4.14. The Kier molecular flexibility index (Phi) is 7.05. The number of fused-ring (bicyclic) bond motifs is 1. The van der Waals surface area contributed by atoms with E-state index in [1.165, 1.54) is 0 Å². The number of nitrogens with zero attached hydrogens (tertiary/aromatic N) is 1. The van der Waals surface area contributed by atoms with Gasteiger partial charge in [-0.2, -0.15) is 0 Å². The smallest absolute Gasteiger partial charge is 0.220 e. The molecule has 3 aromatic rings. The zero-order chi connectivity index (χ0) is 20.8. The van der Waals surface area contributed by atoms with Crippen molar-refractivity contribution in [1.82, 2.24) is 15.2 Å². The number of aromatic amines is 1. The highest BCUT2D eigenvalue weighted by Crippen LogP contribution is 2.36. The van der Waals surface area contributed by atoms with Crippen LogP contribution in [0.1, 0.15) is 29.9 Å². The first kappa shape index (κ1) is 20.9. The van der Waals surface area contributed by atoms with Gasteiger partial charge >= 0.3 is 0 Å². The van der Waals surface area contributed by atoms with Gasteiger partial charge in [0, 0.05) is 54.1 Å². The number of hydrogen-bond acceptors (Lipinski definition) is 3. The van der Waals surface area contributed by atoms with Crippen molar-refractivity contribution in [3.63, 3.8) is 0 Å². The van der Waals surface area contributed by atoms with Crippen molar-refractivity contribution in [2.24, 2.45) is 0 Å². The number of nitrogens with one attached hydrogen (secondary N) is 2. The third-order valence-corrected chi connectivity index (χ3v) is 6.09. The first-order valence-corrected chi connectivity index (χ1v) is 11.0. The van der Waals surface area contributed by atoms with Crippen LogP contribution >= 0.6 is 11.6 Å². The van der Waals surface area contributed by atoms with Crippen molar-refractivity contribution < 1.29 is 9.53 Å². The number of morpholine rings is 1. The van der Waals surface area contributed by atoms with E-state index in [9.17, 15) is 4.79 Å². The van der Waals surface area contributed by atoms with E-state index >= 15 is 0 Å². The molecule has 1 saturated heterocycles. The van der Waals surface area contributed by atoms with Gasteiger partial charge in [-0.1, -0.05) is 48.0 Å². The fraction of sp³-hybridized carbons (Fsp3) is 0.375. The molecule has 1 fully saturated rings. The van der Waals surface area contributed by atoms with Crippen molar-refractivity contribution >= 4 is 28.4 Å². The molecule has 1 amide bonds. The molecule has 158 valence electrons. The zero-order valence-electron chi connectivity index (χ0n) is 17.1. The van der Waals surface area contributed by atoms with Gasteiger partial charge < -0.3 is 15.0 Å². The van der Waals surface area contributed by atoms with Crippen LogP contribution in [0.5, 0.6) is 0 Å². The number of rotatable bonds is 8. The van der Waals surface area contributed by atoms with Gasteiger partial charge in [0.2, 0.25) is 5.91 Å². The molecule has 6 heteroatoms. The summed E-state index contributed by atoms with van der Waals surface area (Å²) in [7, 11) is 0. The monoisotopic (exact) mass is 425 g/mol. The van der Waals surface area contributed by atoms with E-state index < -0.39 is 0 Å². The molecule has 2 N–H and O–H groups in total. The van der Waals surface area contributed by atoms with Crippen LogP contribution in [-0.2, 0) is 9.53 Å². The molecule has 2 aromatic carbocycles. The second-order valence-electron chi connectivity index (χ2n) is 7.73. The van der Waals surface area contributed by atoms with Crippen molar-refractivity contribution in [3.8, 4) is 0 Å². The highest BCUT2D eigenvalue weighted by Gasteiger charge is 2.23. The van der Waals surface area contributed by atoms with Crippen LogP contribution in [0.4, 0.5) is 0 Å². The Bertz CT molecular complexity index is 981. The molecule has 2 heterocycles. The number of amides is 1. The summed E-state index contributed by atoms with van der Waals surface area (Å²) in [5.74, 6) is -0.0544. The lowest BCUT2D eigenvalue weighted by Crippen LogP contribution is -2.38. The van der Waals surface area contributed by atoms with Crippen LogP contribution in [0.2, 0.25) is 5.02 Å². The van der Waals surface area contributed by atoms with Crippen LogP contribution < -0.4 is 5.32 Å². The number of benzene rings is 2. The highest BCUT2D eigenvalue weighted by atomic mass is 35.5. The highest BCUT2D eigenvalue weighted by molar-refractivity contribution is 6.31. The van der Waals surface area contributed by atoms with Gasteiger partial charge in [-0.25, -0.2) is 0 Å². The predicted molar refractivity (Wildman–Crippen MR) is 121 cm³/mol. The lowest BCUT2D eigenvalue weighted by molar-refractivity contribution is -0.121. The molecule has 0 radical (unpaired) electrons. The van der Waals surface area contributed by atoms with Crippen LogP contribution in [0.3, 0.4) is 0 Å². The Morgan fingerprint density at radius 2 is 1.87 bits per heavy atom. The van der Waals surface area contributed by atoms with E-state index in [4.69, 9.17) is 16.3 Å². The standard InChI is InChI=1S/C24H28ClN3O2/c25-22-8-3-1-6-18(22)20(21-17-27-23-9-4-2-7-19(21)23)16-24(29)26-10-5-11-28-12-14-30-15-13-28/h1-4,6-9,17,20,27H,5,10-16H2,(H,26,29). The number of hydrogen-bond donors (Lipinski definition) is 2. The van der Waals surface area contributed by atoms with Crippen LogP contribution in [-0.4, -0.2) is 55.2 Å². The first-order valence-electron chi connectivity index (χ1n) is 10.6. The first-order chi connectivity index (χ1) is 14.7. The van der Waals surface area contributed by atoms with Gasteiger partial charge in [-0.15, -0.1) is 0 Å². The predicted octanol–water partition coefficient (Wildman–Crippen LogP) is 4.18. The summed E-state index contributed by atoms with van der Waals surface area (Å²) in [4.78, 5) is 18.5. The van der Waals surface area contributed by atoms with Gasteiger partial charge in [0.05, 0.1) is 13.2 Å². The average molecular weight is 426 g/mol. The quantitative estimate of drug-likeness (QED) is 0.532. The number of ether oxygens (including phenoxy) is 1. The molecule has 0 aliphatic carbocycles. The maximum Gasteiger partial charge on any atom is 0.220 e. The summed E-state index contributed by atoms with van der Waals surface area (Å²) in [5, 5.41) is 4.92. The van der Waals surface area contributed by atoms with Gasteiger partial charge in [-0.05, 0) is 36.2 Å². The molecule has 1 aliphatic heterocycles. The number of para-hydroxylation sites is 1. The van der Waals surface area contributed by atoms with Crippen molar-refractivity contribution in [2.75, 3.05) is 39.4 Å². The van der Waals surface area contributed by atoms with Gasteiger partial charge in [0.1, 0.15) is 0 Å². The summed E-state index contributed by atoms with van der Waals surface area (Å²) >= 11 is 6.53. The summed E-state index contributed by atoms with van der Waals surface area (Å²) in [6, 6.07) is 16.0. The lowest BCUT2D eigenvalue weighted by atomic mass is 9.88. The molecule has 5 nitrogen and oxygen atoms in total. The Morgan fingerprint density at radius 3 is 2.70 bits per heavy atom. The summed E-state index contributed by atoms with van der Waals surface area (Å²) in [5.41, 5.74) is 3.14. The summed E-state index contributed by atoms with van der Waals surface area (Å²) in [6.45, 7) is 5.22. The molecule has 0 spiro atoms. The lowest BCUT2D eigenvalue weighted by Gasteiger charge is -2.26. The fourth-order valence-corrected chi connectivity index (χ4v) is 4.41. The normalized spacial score (nSPS) is 15.9. The number of H-pyrrole nitrogens is 1. The van der Waals surface area contributed by atoms with Crippen LogP contribution in [0.25, 0.3) is 10.9 Å². The molecule has 0 bridgehead atoms. The minimum atomic E-state index is -0.103. The minimum Gasteiger partial charge on any atom is -0.379 e. The molecular weight excluding hydrogens is 398 g/mol. The Morgan fingerprint density at radius 1 is 1.10 bits per heavy atom. The Hall–Kier alpha value is -2.34. The Labute approximate surface area is 182 Å². The number of carbonyl (C=O) groups excluding carboxylic acids is 1. The summed E-state index contributed by atoms with van der Waals surface area (Å²) < 4.78 is 5.38. The second kappa shape index (κ2) is 10.1. The topological polar surface area (TPSA) is 57.4 Å². The van der Waals surface area contributed by atoms with Gasteiger partial charge in [0.15, 0.2) is 0 Å². The van der Waals surface area contributed by atoms with Gasteiger partial charge in [-0.3, -0.25) is 9.69 Å². The number of aromatic nitrogens is 1. The van der Waals surface area contributed by atoms with E-state index in [-0.39, 0.29) is 11.8 Å². The molecule has 30 heavy (non-hydrogen) atoms. The van der Waals surface area contributed by atoms with E-state index in [0.29, 0.717) is 18.0 Å². The third-order valence-electron chi connectivity index (χ3n) is 5.74. The minimum absolute atomic E-state index is 0.0483. The molecule has 0 saturated carbocycles. The van der Waals surface area contributed by atoms with E-state index in [1.807, 2.05) is 48.7 Å². The average Bonchev–Trinajstić information content (AvgIpc) is 3.20. The molecule has 1 aliphatic rings. The maximum atomic E-state index is 12.8. The zero-order valence-corrected chi connectivity index (χ0v) is 17.8. The molecular formula is C24H28ClN3O2. The van der Waals surface area contributed by atoms with Gasteiger partial charge in [0.25, 0.3) is 0 Å². The van der Waals surface area contributed by atoms with Crippen molar-refractivity contribution in [3.05, 3.63) is 70.9 Å².